The molecule has 1 aliphatic rings. The van der Waals surface area contributed by atoms with Crippen molar-refractivity contribution in [1.82, 2.24) is 9.97 Å². The predicted octanol–water partition coefficient (Wildman–Crippen LogP) is 1.85. The van der Waals surface area contributed by atoms with Crippen LogP contribution in [0.15, 0.2) is 6.20 Å². The van der Waals surface area contributed by atoms with Gasteiger partial charge in [0.2, 0.25) is 0 Å². The fourth-order valence-corrected chi connectivity index (χ4v) is 2.11. The molecule has 6 heteroatoms. The molecule has 5 nitrogen and oxygen atoms in total. The molecule has 0 atom stereocenters. The molecule has 1 saturated carbocycles. The van der Waals surface area contributed by atoms with Gasteiger partial charge in [0.1, 0.15) is 5.02 Å². The van der Waals surface area contributed by atoms with Gasteiger partial charge >= 0.3 is 6.01 Å². The standard InChI is InChI=1S/C11H16ClN3O2/c1-17-11-13-6-9(12)10(15-11)14-7-2-4-8(16)5-3-7/h6-8,16H,2-5H2,1H3,(H,13,14,15). The van der Waals surface area contributed by atoms with Gasteiger partial charge in [0.15, 0.2) is 5.82 Å². The van der Waals surface area contributed by atoms with E-state index in [1.54, 1.807) is 0 Å². The fourth-order valence-electron chi connectivity index (χ4n) is 1.96. The zero-order chi connectivity index (χ0) is 12.3. The van der Waals surface area contributed by atoms with Crippen molar-refractivity contribution in [1.29, 1.82) is 0 Å². The molecule has 1 heterocycles. The molecule has 0 spiro atoms. The van der Waals surface area contributed by atoms with Gasteiger partial charge in [-0.3, -0.25) is 0 Å². The van der Waals surface area contributed by atoms with E-state index < -0.39 is 0 Å². The van der Waals surface area contributed by atoms with Crippen molar-refractivity contribution in [2.75, 3.05) is 12.4 Å². The summed E-state index contributed by atoms with van der Waals surface area (Å²) in [7, 11) is 1.52. The molecule has 0 aliphatic heterocycles. The SMILES string of the molecule is COc1ncc(Cl)c(NC2CCC(O)CC2)n1. The smallest absolute Gasteiger partial charge is 0.318 e. The number of ether oxygens (including phenoxy) is 1. The summed E-state index contributed by atoms with van der Waals surface area (Å²) in [6.07, 6.45) is 4.83. The third-order valence-electron chi connectivity index (χ3n) is 2.94. The number of rotatable bonds is 3. The molecule has 17 heavy (non-hydrogen) atoms. The predicted molar refractivity (Wildman–Crippen MR) is 65.5 cm³/mol. The van der Waals surface area contributed by atoms with Crippen LogP contribution in [0.3, 0.4) is 0 Å². The molecular weight excluding hydrogens is 242 g/mol. The molecule has 0 unspecified atom stereocenters. The van der Waals surface area contributed by atoms with Crippen LogP contribution in [0.4, 0.5) is 5.82 Å². The summed E-state index contributed by atoms with van der Waals surface area (Å²) < 4.78 is 4.96. The lowest BCUT2D eigenvalue weighted by Crippen LogP contribution is -2.28. The highest BCUT2D eigenvalue weighted by Crippen LogP contribution is 2.25. The van der Waals surface area contributed by atoms with Gasteiger partial charge in [-0.1, -0.05) is 11.6 Å². The number of aromatic nitrogens is 2. The number of nitrogens with zero attached hydrogens (tertiary/aromatic N) is 2. The first-order chi connectivity index (χ1) is 8.19. The third kappa shape index (κ3) is 3.20. The summed E-state index contributed by atoms with van der Waals surface area (Å²) in [6, 6.07) is 0.600. The fraction of sp³-hybridized carbons (Fsp3) is 0.636. The molecule has 0 bridgehead atoms. The van der Waals surface area contributed by atoms with Crippen molar-refractivity contribution >= 4 is 17.4 Å². The minimum Gasteiger partial charge on any atom is -0.467 e. The van der Waals surface area contributed by atoms with Crippen LogP contribution in [0, 0.1) is 0 Å². The first kappa shape index (κ1) is 12.4. The summed E-state index contributed by atoms with van der Waals surface area (Å²) in [6.45, 7) is 0. The van der Waals surface area contributed by atoms with Gasteiger partial charge in [-0.2, -0.15) is 4.98 Å². The topological polar surface area (TPSA) is 67.3 Å². The van der Waals surface area contributed by atoms with Gasteiger partial charge in [0.05, 0.1) is 19.4 Å². The number of aliphatic hydroxyl groups is 1. The zero-order valence-corrected chi connectivity index (χ0v) is 10.4. The van der Waals surface area contributed by atoms with E-state index in [1.165, 1.54) is 13.3 Å². The Bertz CT molecular complexity index is 381. The van der Waals surface area contributed by atoms with Crippen LogP contribution in [0.25, 0.3) is 0 Å². The van der Waals surface area contributed by atoms with Gasteiger partial charge in [-0.15, -0.1) is 0 Å². The largest absolute Gasteiger partial charge is 0.467 e. The number of anilines is 1. The molecule has 2 N–H and O–H groups in total. The lowest BCUT2D eigenvalue weighted by Gasteiger charge is -2.26. The van der Waals surface area contributed by atoms with Crippen molar-refractivity contribution < 1.29 is 9.84 Å². The van der Waals surface area contributed by atoms with E-state index in [9.17, 15) is 5.11 Å². The molecule has 1 aromatic rings. The highest BCUT2D eigenvalue weighted by atomic mass is 35.5. The number of hydrogen-bond donors (Lipinski definition) is 2. The molecule has 1 aromatic heterocycles. The lowest BCUT2D eigenvalue weighted by atomic mass is 9.93. The summed E-state index contributed by atoms with van der Waals surface area (Å²) >= 11 is 6.01. The first-order valence-corrected chi connectivity index (χ1v) is 6.08. The van der Waals surface area contributed by atoms with Crippen LogP contribution in [0.2, 0.25) is 5.02 Å². The van der Waals surface area contributed by atoms with E-state index in [4.69, 9.17) is 16.3 Å². The maximum Gasteiger partial charge on any atom is 0.318 e. The van der Waals surface area contributed by atoms with E-state index in [-0.39, 0.29) is 6.10 Å². The molecular formula is C11H16ClN3O2. The highest BCUT2D eigenvalue weighted by molar-refractivity contribution is 6.32. The Kier molecular flexibility index (Phi) is 4.02. The van der Waals surface area contributed by atoms with Gasteiger partial charge in [-0.05, 0) is 25.7 Å². The first-order valence-electron chi connectivity index (χ1n) is 5.70. The second-order valence-corrected chi connectivity index (χ2v) is 4.61. The number of halogens is 1. The van der Waals surface area contributed by atoms with Crippen LogP contribution in [0.1, 0.15) is 25.7 Å². The number of nitrogens with one attached hydrogen (secondary N) is 1. The van der Waals surface area contributed by atoms with Crippen LogP contribution in [-0.4, -0.2) is 34.3 Å². The minimum absolute atomic E-state index is 0.163. The van der Waals surface area contributed by atoms with Crippen molar-refractivity contribution in [3.8, 4) is 6.01 Å². The maximum absolute atomic E-state index is 9.43. The highest BCUT2D eigenvalue weighted by Gasteiger charge is 2.20. The maximum atomic E-state index is 9.43. The molecule has 2 rings (SSSR count). The van der Waals surface area contributed by atoms with Crippen LogP contribution in [0.5, 0.6) is 6.01 Å². The molecule has 1 aliphatic carbocycles. The summed E-state index contributed by atoms with van der Waals surface area (Å²) in [4.78, 5) is 8.08. The average Bonchev–Trinajstić information content (AvgIpc) is 2.35. The Morgan fingerprint density at radius 2 is 2.12 bits per heavy atom. The van der Waals surface area contributed by atoms with Crippen molar-refractivity contribution in [2.24, 2.45) is 0 Å². The van der Waals surface area contributed by atoms with E-state index in [2.05, 4.69) is 15.3 Å². The van der Waals surface area contributed by atoms with Gasteiger partial charge < -0.3 is 15.2 Å². The molecule has 0 amide bonds. The number of hydrogen-bond acceptors (Lipinski definition) is 5. The second kappa shape index (κ2) is 5.51. The Morgan fingerprint density at radius 3 is 2.76 bits per heavy atom. The molecule has 1 fully saturated rings. The van der Waals surface area contributed by atoms with E-state index in [0.29, 0.717) is 22.9 Å². The van der Waals surface area contributed by atoms with Gasteiger partial charge in [-0.25, -0.2) is 4.98 Å². The quantitative estimate of drug-likeness (QED) is 0.865. The Morgan fingerprint density at radius 1 is 1.41 bits per heavy atom. The monoisotopic (exact) mass is 257 g/mol. The summed E-state index contributed by atoms with van der Waals surface area (Å²) in [5, 5.41) is 13.2. The van der Waals surface area contributed by atoms with Crippen LogP contribution >= 0.6 is 11.6 Å². The second-order valence-electron chi connectivity index (χ2n) is 4.20. The molecule has 0 saturated heterocycles. The van der Waals surface area contributed by atoms with Crippen molar-refractivity contribution in [2.45, 2.75) is 37.8 Å². The van der Waals surface area contributed by atoms with Crippen molar-refractivity contribution in [3.05, 3.63) is 11.2 Å². The van der Waals surface area contributed by atoms with Gasteiger partial charge in [0, 0.05) is 6.04 Å². The van der Waals surface area contributed by atoms with Crippen LogP contribution in [-0.2, 0) is 0 Å². The van der Waals surface area contributed by atoms with E-state index in [1.807, 2.05) is 0 Å². The van der Waals surface area contributed by atoms with Crippen molar-refractivity contribution in [3.63, 3.8) is 0 Å². The summed E-state index contributed by atoms with van der Waals surface area (Å²) in [5.41, 5.74) is 0. The molecule has 0 radical (unpaired) electrons. The number of aliphatic hydroxyl groups excluding tert-OH is 1. The van der Waals surface area contributed by atoms with Gasteiger partial charge in [0.25, 0.3) is 0 Å². The van der Waals surface area contributed by atoms with E-state index >= 15 is 0 Å². The lowest BCUT2D eigenvalue weighted by molar-refractivity contribution is 0.126. The Labute approximate surface area is 105 Å². The summed E-state index contributed by atoms with van der Waals surface area (Å²) in [5.74, 6) is 0.597. The van der Waals surface area contributed by atoms with E-state index in [0.717, 1.165) is 25.7 Å². The Hall–Kier alpha value is -1.07. The number of methoxy groups -OCH3 is 1. The Balaban J connectivity index is 2.02. The third-order valence-corrected chi connectivity index (χ3v) is 3.22. The minimum atomic E-state index is -0.163. The normalized spacial score (nSPS) is 24.4. The molecule has 0 aromatic carbocycles. The molecule has 94 valence electrons. The average molecular weight is 258 g/mol. The van der Waals surface area contributed by atoms with Crippen LogP contribution < -0.4 is 10.1 Å². The zero-order valence-electron chi connectivity index (χ0n) is 9.69.